The van der Waals surface area contributed by atoms with E-state index in [0.29, 0.717) is 5.56 Å². The molecule has 0 radical (unpaired) electrons. The lowest BCUT2D eigenvalue weighted by Crippen LogP contribution is -2.23. The molecule has 0 saturated heterocycles. The Morgan fingerprint density at radius 3 is 2.52 bits per heavy atom. The summed E-state index contributed by atoms with van der Waals surface area (Å²) in [5.41, 5.74) is 7.70. The van der Waals surface area contributed by atoms with E-state index < -0.39 is 0 Å². The molecule has 0 unspecified atom stereocenters. The van der Waals surface area contributed by atoms with Gasteiger partial charge in [-0.25, -0.2) is 5.43 Å². The maximum Gasteiger partial charge on any atom is 0.271 e. The molecule has 1 aliphatic rings. The number of benzene rings is 2. The van der Waals surface area contributed by atoms with Crippen molar-refractivity contribution in [3.63, 3.8) is 0 Å². The van der Waals surface area contributed by atoms with Crippen molar-refractivity contribution in [2.75, 3.05) is 11.9 Å². The van der Waals surface area contributed by atoms with E-state index in [-0.39, 0.29) is 11.3 Å². The topological polar surface area (TPSA) is 44.7 Å². The summed E-state index contributed by atoms with van der Waals surface area (Å²) in [4.78, 5) is 14.3. The molecule has 0 atom stereocenters. The van der Waals surface area contributed by atoms with Crippen LogP contribution < -0.4 is 10.3 Å². The summed E-state index contributed by atoms with van der Waals surface area (Å²) in [6.07, 6.45) is 3.60. The van der Waals surface area contributed by atoms with Crippen LogP contribution in [0.2, 0.25) is 0 Å². The van der Waals surface area contributed by atoms with E-state index in [0.717, 1.165) is 11.3 Å². The molecular weight excluding hydrogens is 310 g/mol. The third-order valence-corrected chi connectivity index (χ3v) is 4.80. The number of allylic oxidation sites excluding steroid dienone is 2. The molecule has 0 aromatic heterocycles. The van der Waals surface area contributed by atoms with Crippen molar-refractivity contribution in [3.05, 3.63) is 77.0 Å². The highest BCUT2D eigenvalue weighted by Crippen LogP contribution is 2.46. The van der Waals surface area contributed by atoms with Crippen LogP contribution in [0.1, 0.15) is 35.3 Å². The zero-order valence-corrected chi connectivity index (χ0v) is 15.1. The van der Waals surface area contributed by atoms with Gasteiger partial charge in [0.2, 0.25) is 0 Å². The summed E-state index contributed by atoms with van der Waals surface area (Å²) in [6, 6.07) is 15.9. The van der Waals surface area contributed by atoms with E-state index in [4.69, 9.17) is 0 Å². The van der Waals surface area contributed by atoms with E-state index in [1.54, 1.807) is 12.3 Å². The van der Waals surface area contributed by atoms with Crippen molar-refractivity contribution in [2.45, 2.75) is 26.2 Å². The van der Waals surface area contributed by atoms with Crippen LogP contribution in [-0.4, -0.2) is 19.2 Å². The van der Waals surface area contributed by atoms with Gasteiger partial charge >= 0.3 is 0 Å². The number of fused-ring (bicyclic) bond motifs is 1. The number of rotatable bonds is 3. The lowest BCUT2D eigenvalue weighted by atomic mass is 9.84. The number of amides is 1. The van der Waals surface area contributed by atoms with Crippen molar-refractivity contribution in [2.24, 2.45) is 5.10 Å². The van der Waals surface area contributed by atoms with Crippen LogP contribution in [0, 0.1) is 6.92 Å². The molecule has 0 bridgehead atoms. The third kappa shape index (κ3) is 3.07. The molecule has 2 aromatic carbocycles. The molecule has 0 fully saturated rings. The minimum Gasteiger partial charge on any atom is -0.347 e. The Morgan fingerprint density at radius 2 is 1.80 bits per heavy atom. The number of anilines is 1. The molecular formula is C21H23N3O. The molecule has 128 valence electrons. The summed E-state index contributed by atoms with van der Waals surface area (Å²) in [7, 11) is 2.05. The van der Waals surface area contributed by atoms with Gasteiger partial charge in [0.05, 0.1) is 0 Å². The molecule has 1 aliphatic heterocycles. The van der Waals surface area contributed by atoms with Gasteiger partial charge in [-0.15, -0.1) is 0 Å². The van der Waals surface area contributed by atoms with Gasteiger partial charge in [-0.2, -0.15) is 5.10 Å². The number of hydrogen-bond donors (Lipinski definition) is 1. The maximum atomic E-state index is 12.2. The average Bonchev–Trinajstić information content (AvgIpc) is 2.79. The highest BCUT2D eigenvalue weighted by Gasteiger charge is 2.37. The van der Waals surface area contributed by atoms with Crippen LogP contribution in [-0.2, 0) is 5.41 Å². The predicted molar refractivity (Wildman–Crippen MR) is 103 cm³/mol. The number of carbonyl (C=O) groups excluding carboxylic acids is 1. The Morgan fingerprint density at radius 1 is 1.12 bits per heavy atom. The molecule has 0 spiro atoms. The van der Waals surface area contributed by atoms with E-state index >= 15 is 0 Å². The Hall–Kier alpha value is -2.88. The van der Waals surface area contributed by atoms with Crippen LogP contribution in [0.3, 0.4) is 0 Å². The normalized spacial score (nSPS) is 17.1. The summed E-state index contributed by atoms with van der Waals surface area (Å²) < 4.78 is 0. The number of aryl methyl sites for hydroxylation is 1. The molecule has 1 heterocycles. The van der Waals surface area contributed by atoms with Crippen molar-refractivity contribution in [1.82, 2.24) is 5.43 Å². The Balaban J connectivity index is 1.75. The smallest absolute Gasteiger partial charge is 0.271 e. The summed E-state index contributed by atoms with van der Waals surface area (Å²) >= 11 is 0. The first-order chi connectivity index (χ1) is 11.9. The monoisotopic (exact) mass is 333 g/mol. The number of carbonyl (C=O) groups is 1. The van der Waals surface area contributed by atoms with Gasteiger partial charge in [0.15, 0.2) is 0 Å². The largest absolute Gasteiger partial charge is 0.347 e. The summed E-state index contributed by atoms with van der Waals surface area (Å²) in [5.74, 6) is -0.199. The molecule has 3 rings (SSSR count). The standard InChI is InChI=1S/C21H23N3O/c1-15-9-5-6-10-16(15)20(25)23-22-14-13-19-21(2,3)17-11-7-8-12-18(17)24(19)4/h5-14H,1-4H3,(H,23,25)/b19-13?,22-14+. The fraction of sp³-hybridized carbons (Fsp3) is 0.238. The summed E-state index contributed by atoms with van der Waals surface area (Å²) in [6.45, 7) is 6.30. The number of para-hydroxylation sites is 1. The minimum absolute atomic E-state index is 0.0998. The van der Waals surface area contributed by atoms with Crippen LogP contribution >= 0.6 is 0 Å². The van der Waals surface area contributed by atoms with Crippen LogP contribution in [0.4, 0.5) is 5.69 Å². The van der Waals surface area contributed by atoms with Crippen molar-refractivity contribution >= 4 is 17.8 Å². The lowest BCUT2D eigenvalue weighted by molar-refractivity contribution is 0.0954. The zero-order valence-electron chi connectivity index (χ0n) is 15.1. The second-order valence-corrected chi connectivity index (χ2v) is 6.79. The van der Waals surface area contributed by atoms with Crippen molar-refractivity contribution in [1.29, 1.82) is 0 Å². The van der Waals surface area contributed by atoms with Crippen molar-refractivity contribution < 1.29 is 4.79 Å². The fourth-order valence-electron chi connectivity index (χ4n) is 3.39. The molecule has 2 aromatic rings. The number of nitrogens with zero attached hydrogens (tertiary/aromatic N) is 2. The zero-order chi connectivity index (χ0) is 18.0. The summed E-state index contributed by atoms with van der Waals surface area (Å²) in [5, 5.41) is 4.09. The van der Waals surface area contributed by atoms with Crippen LogP contribution in [0.25, 0.3) is 0 Å². The van der Waals surface area contributed by atoms with Gasteiger partial charge in [-0.3, -0.25) is 4.79 Å². The van der Waals surface area contributed by atoms with E-state index in [1.807, 2.05) is 37.3 Å². The van der Waals surface area contributed by atoms with E-state index in [1.165, 1.54) is 11.3 Å². The molecule has 4 nitrogen and oxygen atoms in total. The quantitative estimate of drug-likeness (QED) is 0.681. The maximum absolute atomic E-state index is 12.2. The first kappa shape index (κ1) is 17.0. The van der Waals surface area contributed by atoms with Gasteiger partial charge in [0.25, 0.3) is 5.91 Å². The van der Waals surface area contributed by atoms with Crippen LogP contribution in [0.5, 0.6) is 0 Å². The number of nitrogens with one attached hydrogen (secondary N) is 1. The van der Waals surface area contributed by atoms with E-state index in [2.05, 4.69) is 54.5 Å². The average molecular weight is 333 g/mol. The SMILES string of the molecule is Cc1ccccc1C(=O)N/N=C/C=C1N(C)c2ccccc2C1(C)C. The number of hydrogen-bond acceptors (Lipinski definition) is 3. The number of hydrazone groups is 1. The first-order valence-electron chi connectivity index (χ1n) is 8.36. The Kier molecular flexibility index (Phi) is 4.45. The van der Waals surface area contributed by atoms with Gasteiger partial charge in [0, 0.05) is 35.6 Å². The number of likely N-dealkylation sites (N-methyl/N-ethyl adjacent to an activating group) is 1. The lowest BCUT2D eigenvalue weighted by Gasteiger charge is -2.23. The molecule has 25 heavy (non-hydrogen) atoms. The van der Waals surface area contributed by atoms with Gasteiger partial charge in [-0.1, -0.05) is 50.2 Å². The second kappa shape index (κ2) is 6.55. The Labute approximate surface area is 148 Å². The molecule has 0 aliphatic carbocycles. The second-order valence-electron chi connectivity index (χ2n) is 6.79. The molecule has 1 N–H and O–H groups in total. The third-order valence-electron chi connectivity index (χ3n) is 4.80. The van der Waals surface area contributed by atoms with Gasteiger partial charge in [0.1, 0.15) is 0 Å². The highest BCUT2D eigenvalue weighted by molar-refractivity contribution is 5.96. The first-order valence-corrected chi connectivity index (χ1v) is 8.36. The predicted octanol–water partition coefficient (Wildman–Crippen LogP) is 4.02. The van der Waals surface area contributed by atoms with Gasteiger partial charge in [-0.05, 0) is 36.3 Å². The van der Waals surface area contributed by atoms with Crippen LogP contribution in [0.15, 0.2) is 65.4 Å². The minimum atomic E-state index is -0.199. The molecule has 4 heteroatoms. The molecule has 0 saturated carbocycles. The fourth-order valence-corrected chi connectivity index (χ4v) is 3.39. The van der Waals surface area contributed by atoms with Gasteiger partial charge < -0.3 is 4.90 Å². The van der Waals surface area contributed by atoms with E-state index in [9.17, 15) is 4.79 Å². The Bertz CT molecular complexity index is 865. The molecule has 1 amide bonds. The highest BCUT2D eigenvalue weighted by atomic mass is 16.2. The van der Waals surface area contributed by atoms with Crippen molar-refractivity contribution in [3.8, 4) is 0 Å².